The minimum atomic E-state index is 0.503. The van der Waals surface area contributed by atoms with Crippen LogP contribution >= 0.6 is 11.3 Å². The van der Waals surface area contributed by atoms with Gasteiger partial charge in [-0.15, -0.1) is 11.3 Å². The molecule has 0 aliphatic rings. The van der Waals surface area contributed by atoms with Crippen LogP contribution in [-0.4, -0.2) is 11.6 Å². The Morgan fingerprint density at radius 2 is 2.00 bits per heavy atom. The van der Waals surface area contributed by atoms with Crippen LogP contribution in [0.4, 0.5) is 0 Å². The Kier molecular flexibility index (Phi) is 3.76. The molecule has 3 nitrogen and oxygen atoms in total. The second kappa shape index (κ2) is 5.29. The largest absolute Gasteiger partial charge is 0.494 e. The number of nitrogens with two attached hydrogens (primary N) is 1. The van der Waals surface area contributed by atoms with Gasteiger partial charge in [0.25, 0.3) is 0 Å². The standard InChI is InChI=1S/C13H16N2OS/c1-3-16-11-6-4-10(5-7-11)13-9(2)17-12(8-14)15-13/h4-7H,3,8,14H2,1-2H3. The molecule has 0 radical (unpaired) electrons. The van der Waals surface area contributed by atoms with Crippen molar-refractivity contribution in [2.75, 3.05) is 6.61 Å². The molecule has 2 N–H and O–H groups in total. The normalized spacial score (nSPS) is 10.5. The van der Waals surface area contributed by atoms with Gasteiger partial charge in [0.05, 0.1) is 12.3 Å². The van der Waals surface area contributed by atoms with Crippen LogP contribution in [0.3, 0.4) is 0 Å². The highest BCUT2D eigenvalue weighted by atomic mass is 32.1. The van der Waals surface area contributed by atoms with Crippen molar-refractivity contribution in [3.63, 3.8) is 0 Å². The van der Waals surface area contributed by atoms with Crippen molar-refractivity contribution >= 4 is 11.3 Å². The monoisotopic (exact) mass is 248 g/mol. The molecule has 0 spiro atoms. The van der Waals surface area contributed by atoms with Crippen LogP contribution in [0.1, 0.15) is 16.8 Å². The molecular formula is C13H16N2OS. The van der Waals surface area contributed by atoms with E-state index in [1.807, 2.05) is 31.2 Å². The van der Waals surface area contributed by atoms with Crippen molar-refractivity contribution < 1.29 is 4.74 Å². The van der Waals surface area contributed by atoms with Gasteiger partial charge in [-0.3, -0.25) is 0 Å². The molecule has 1 heterocycles. The van der Waals surface area contributed by atoms with Gasteiger partial charge in [-0.1, -0.05) is 0 Å². The first kappa shape index (κ1) is 12.1. The Morgan fingerprint density at radius 1 is 1.29 bits per heavy atom. The summed E-state index contributed by atoms with van der Waals surface area (Å²) >= 11 is 1.66. The van der Waals surface area contributed by atoms with Crippen molar-refractivity contribution in [1.29, 1.82) is 0 Å². The van der Waals surface area contributed by atoms with E-state index in [0.29, 0.717) is 13.2 Å². The molecule has 4 heteroatoms. The minimum Gasteiger partial charge on any atom is -0.494 e. The maximum absolute atomic E-state index is 5.60. The van der Waals surface area contributed by atoms with Gasteiger partial charge in [-0.25, -0.2) is 4.98 Å². The number of aryl methyl sites for hydroxylation is 1. The van der Waals surface area contributed by atoms with E-state index in [-0.39, 0.29) is 0 Å². The van der Waals surface area contributed by atoms with Crippen LogP contribution < -0.4 is 10.5 Å². The van der Waals surface area contributed by atoms with Crippen LogP contribution in [0, 0.1) is 6.92 Å². The van der Waals surface area contributed by atoms with Crippen LogP contribution in [0.5, 0.6) is 5.75 Å². The quantitative estimate of drug-likeness (QED) is 0.905. The second-order valence-electron chi connectivity index (χ2n) is 3.67. The van der Waals surface area contributed by atoms with E-state index in [1.165, 1.54) is 4.88 Å². The smallest absolute Gasteiger partial charge is 0.119 e. The number of rotatable bonds is 4. The lowest BCUT2D eigenvalue weighted by molar-refractivity contribution is 0.340. The summed E-state index contributed by atoms with van der Waals surface area (Å²) in [6.45, 7) is 5.24. The Morgan fingerprint density at radius 3 is 2.53 bits per heavy atom. The average molecular weight is 248 g/mol. The summed E-state index contributed by atoms with van der Waals surface area (Å²) in [7, 11) is 0. The molecule has 1 aromatic heterocycles. The van der Waals surface area contributed by atoms with Gasteiger partial charge in [0.2, 0.25) is 0 Å². The fraction of sp³-hybridized carbons (Fsp3) is 0.308. The molecular weight excluding hydrogens is 232 g/mol. The summed E-state index contributed by atoms with van der Waals surface area (Å²) in [6.07, 6.45) is 0. The molecule has 0 amide bonds. The van der Waals surface area contributed by atoms with E-state index in [9.17, 15) is 0 Å². The van der Waals surface area contributed by atoms with Crippen molar-refractivity contribution in [1.82, 2.24) is 4.98 Å². The summed E-state index contributed by atoms with van der Waals surface area (Å²) in [4.78, 5) is 5.73. The predicted molar refractivity (Wildman–Crippen MR) is 71.3 cm³/mol. The van der Waals surface area contributed by atoms with Crippen LogP contribution in [0.25, 0.3) is 11.3 Å². The van der Waals surface area contributed by atoms with E-state index < -0.39 is 0 Å². The zero-order valence-corrected chi connectivity index (χ0v) is 10.9. The van der Waals surface area contributed by atoms with Crippen molar-refractivity contribution in [3.05, 3.63) is 34.2 Å². The van der Waals surface area contributed by atoms with E-state index in [0.717, 1.165) is 22.0 Å². The van der Waals surface area contributed by atoms with Crippen LogP contribution in [0.15, 0.2) is 24.3 Å². The van der Waals surface area contributed by atoms with Crippen molar-refractivity contribution in [2.24, 2.45) is 5.73 Å². The maximum Gasteiger partial charge on any atom is 0.119 e. The van der Waals surface area contributed by atoms with E-state index >= 15 is 0 Å². The molecule has 0 unspecified atom stereocenters. The summed E-state index contributed by atoms with van der Waals surface area (Å²) in [5, 5.41) is 0.978. The lowest BCUT2D eigenvalue weighted by atomic mass is 10.1. The average Bonchev–Trinajstić information content (AvgIpc) is 2.72. The molecule has 1 aromatic carbocycles. The third kappa shape index (κ3) is 2.65. The van der Waals surface area contributed by atoms with Gasteiger partial charge in [0, 0.05) is 17.0 Å². The molecule has 0 saturated carbocycles. The lowest BCUT2D eigenvalue weighted by Gasteiger charge is -2.03. The number of aromatic nitrogens is 1. The molecule has 17 heavy (non-hydrogen) atoms. The first-order chi connectivity index (χ1) is 8.24. The Labute approximate surface area is 105 Å². The topological polar surface area (TPSA) is 48.1 Å². The third-order valence-electron chi connectivity index (χ3n) is 2.45. The summed E-state index contributed by atoms with van der Waals surface area (Å²) in [5.41, 5.74) is 7.74. The SMILES string of the molecule is CCOc1ccc(-c2nc(CN)sc2C)cc1. The highest BCUT2D eigenvalue weighted by Gasteiger charge is 2.08. The molecule has 2 rings (SSSR count). The predicted octanol–water partition coefficient (Wildman–Crippen LogP) is 2.98. The molecule has 0 aliphatic carbocycles. The molecule has 90 valence electrons. The minimum absolute atomic E-state index is 0.503. The molecule has 0 atom stereocenters. The van der Waals surface area contributed by atoms with Gasteiger partial charge >= 0.3 is 0 Å². The Hall–Kier alpha value is -1.39. The molecule has 0 aliphatic heterocycles. The lowest BCUT2D eigenvalue weighted by Crippen LogP contribution is -1.94. The number of benzene rings is 1. The maximum atomic E-state index is 5.60. The van der Waals surface area contributed by atoms with Gasteiger partial charge in [-0.2, -0.15) is 0 Å². The zero-order valence-electron chi connectivity index (χ0n) is 10.1. The van der Waals surface area contributed by atoms with E-state index in [1.54, 1.807) is 11.3 Å². The van der Waals surface area contributed by atoms with Crippen LogP contribution in [0.2, 0.25) is 0 Å². The highest BCUT2D eigenvalue weighted by molar-refractivity contribution is 7.12. The molecule has 0 bridgehead atoms. The van der Waals surface area contributed by atoms with Crippen molar-refractivity contribution in [2.45, 2.75) is 20.4 Å². The van der Waals surface area contributed by atoms with E-state index in [2.05, 4.69) is 11.9 Å². The Balaban J connectivity index is 2.29. The van der Waals surface area contributed by atoms with Gasteiger partial charge < -0.3 is 10.5 Å². The van der Waals surface area contributed by atoms with E-state index in [4.69, 9.17) is 10.5 Å². The first-order valence-electron chi connectivity index (χ1n) is 5.64. The third-order valence-corrected chi connectivity index (χ3v) is 3.45. The first-order valence-corrected chi connectivity index (χ1v) is 6.46. The highest BCUT2D eigenvalue weighted by Crippen LogP contribution is 2.28. The van der Waals surface area contributed by atoms with Gasteiger partial charge in [-0.05, 0) is 38.1 Å². The van der Waals surface area contributed by atoms with Gasteiger partial charge in [0.15, 0.2) is 0 Å². The molecule has 0 fully saturated rings. The zero-order chi connectivity index (χ0) is 12.3. The fourth-order valence-electron chi connectivity index (χ4n) is 1.68. The Bertz CT molecular complexity index is 491. The summed E-state index contributed by atoms with van der Waals surface area (Å²) in [6, 6.07) is 8.01. The summed E-state index contributed by atoms with van der Waals surface area (Å²) in [5.74, 6) is 0.892. The number of nitrogens with zero attached hydrogens (tertiary/aromatic N) is 1. The molecule has 0 saturated heterocycles. The van der Waals surface area contributed by atoms with Crippen LogP contribution in [-0.2, 0) is 6.54 Å². The molecule has 2 aromatic rings. The van der Waals surface area contributed by atoms with Gasteiger partial charge in [0.1, 0.15) is 10.8 Å². The summed E-state index contributed by atoms with van der Waals surface area (Å²) < 4.78 is 5.42. The number of ether oxygens (including phenoxy) is 1. The number of hydrogen-bond acceptors (Lipinski definition) is 4. The number of thiazole rings is 1. The van der Waals surface area contributed by atoms with Crippen molar-refractivity contribution in [3.8, 4) is 17.0 Å². The number of hydrogen-bond donors (Lipinski definition) is 1. The second-order valence-corrected chi connectivity index (χ2v) is 4.96. The fourth-order valence-corrected chi connectivity index (χ4v) is 2.52.